The van der Waals surface area contributed by atoms with Crippen LogP contribution in [0.3, 0.4) is 0 Å². The summed E-state index contributed by atoms with van der Waals surface area (Å²) in [4.78, 5) is 22.7. The number of para-hydroxylation sites is 1. The molecular weight excluding hydrogens is 322 g/mol. The average molecular weight is 343 g/mol. The number of ether oxygens (including phenoxy) is 1. The van der Waals surface area contributed by atoms with Crippen LogP contribution in [0.5, 0.6) is 5.75 Å². The fourth-order valence-corrected chi connectivity index (χ4v) is 2.51. The highest BCUT2D eigenvalue weighted by Gasteiger charge is 2.13. The van der Waals surface area contributed by atoms with Gasteiger partial charge in [-0.3, -0.25) is 14.9 Å². The third-order valence-corrected chi connectivity index (χ3v) is 3.84. The van der Waals surface area contributed by atoms with Crippen molar-refractivity contribution in [2.45, 2.75) is 20.3 Å². The van der Waals surface area contributed by atoms with Crippen molar-refractivity contribution in [1.29, 1.82) is 0 Å². The molecule has 7 heteroatoms. The highest BCUT2D eigenvalue weighted by atomic mass is 16.6. The van der Waals surface area contributed by atoms with Crippen LogP contribution in [-0.2, 0) is 11.2 Å². The molecule has 7 nitrogen and oxygen atoms in total. The minimum Gasteiger partial charge on any atom is -0.495 e. The maximum Gasteiger partial charge on any atom is 0.271 e. The lowest BCUT2D eigenvalue weighted by atomic mass is 10.1. The lowest BCUT2D eigenvalue weighted by Gasteiger charge is -2.14. The van der Waals surface area contributed by atoms with Crippen LogP contribution in [0.25, 0.3) is 0 Å². The SMILES string of the molecule is CCc1cccc(C)c1NC(=O)CNc1cc([N+](=O)[O-])ccc1OC. The summed E-state index contributed by atoms with van der Waals surface area (Å²) in [5.74, 6) is 0.195. The van der Waals surface area contributed by atoms with E-state index in [9.17, 15) is 14.9 Å². The maximum atomic E-state index is 12.3. The summed E-state index contributed by atoms with van der Waals surface area (Å²) in [5, 5.41) is 16.7. The predicted molar refractivity (Wildman–Crippen MR) is 97.3 cm³/mol. The van der Waals surface area contributed by atoms with Crippen LogP contribution in [0.15, 0.2) is 36.4 Å². The van der Waals surface area contributed by atoms with Gasteiger partial charge in [-0.05, 0) is 30.5 Å². The van der Waals surface area contributed by atoms with Gasteiger partial charge in [-0.15, -0.1) is 0 Å². The highest BCUT2D eigenvalue weighted by molar-refractivity contribution is 5.95. The molecule has 2 N–H and O–H groups in total. The van der Waals surface area contributed by atoms with Crippen molar-refractivity contribution in [3.8, 4) is 5.75 Å². The molecule has 0 saturated heterocycles. The van der Waals surface area contributed by atoms with E-state index in [1.165, 1.54) is 25.3 Å². The van der Waals surface area contributed by atoms with Gasteiger partial charge in [0, 0.05) is 17.8 Å². The van der Waals surface area contributed by atoms with E-state index >= 15 is 0 Å². The molecule has 0 radical (unpaired) electrons. The van der Waals surface area contributed by atoms with Gasteiger partial charge in [-0.1, -0.05) is 25.1 Å². The van der Waals surface area contributed by atoms with Crippen LogP contribution in [0.4, 0.5) is 17.1 Å². The number of nitrogens with zero attached hydrogens (tertiary/aromatic N) is 1. The van der Waals surface area contributed by atoms with Crippen molar-refractivity contribution < 1.29 is 14.5 Å². The Bertz CT molecular complexity index is 790. The molecule has 132 valence electrons. The molecule has 2 aromatic rings. The number of anilines is 2. The van der Waals surface area contributed by atoms with Gasteiger partial charge in [0.1, 0.15) is 5.75 Å². The molecule has 0 saturated carbocycles. The number of rotatable bonds is 7. The molecule has 0 unspecified atom stereocenters. The van der Waals surface area contributed by atoms with E-state index in [2.05, 4.69) is 10.6 Å². The first kappa shape index (κ1) is 18.3. The third-order valence-electron chi connectivity index (χ3n) is 3.84. The smallest absolute Gasteiger partial charge is 0.271 e. The molecular formula is C18H21N3O4. The minimum atomic E-state index is -0.494. The molecule has 0 aliphatic carbocycles. The van der Waals surface area contributed by atoms with Gasteiger partial charge in [0.05, 0.1) is 24.3 Å². The Kier molecular flexibility index (Phi) is 5.94. The Morgan fingerprint density at radius 3 is 2.68 bits per heavy atom. The zero-order chi connectivity index (χ0) is 18.4. The van der Waals surface area contributed by atoms with Gasteiger partial charge in [-0.2, -0.15) is 0 Å². The molecule has 25 heavy (non-hydrogen) atoms. The number of methoxy groups -OCH3 is 1. The molecule has 0 bridgehead atoms. The summed E-state index contributed by atoms with van der Waals surface area (Å²) in [7, 11) is 1.47. The maximum absolute atomic E-state index is 12.3. The van der Waals surface area contributed by atoms with Crippen LogP contribution in [0.2, 0.25) is 0 Å². The lowest BCUT2D eigenvalue weighted by Crippen LogP contribution is -2.23. The van der Waals surface area contributed by atoms with Gasteiger partial charge < -0.3 is 15.4 Å². The first-order valence-electron chi connectivity index (χ1n) is 7.91. The second-order valence-electron chi connectivity index (χ2n) is 5.51. The van der Waals surface area contributed by atoms with Crippen LogP contribution in [0.1, 0.15) is 18.1 Å². The van der Waals surface area contributed by atoms with Gasteiger partial charge in [0.25, 0.3) is 5.69 Å². The second-order valence-corrected chi connectivity index (χ2v) is 5.51. The first-order valence-corrected chi connectivity index (χ1v) is 7.91. The van der Waals surface area contributed by atoms with Crippen LogP contribution >= 0.6 is 0 Å². The van der Waals surface area contributed by atoms with Crippen molar-refractivity contribution in [1.82, 2.24) is 0 Å². The summed E-state index contributed by atoms with van der Waals surface area (Å²) in [5.41, 5.74) is 3.17. The number of hydrogen-bond acceptors (Lipinski definition) is 5. The summed E-state index contributed by atoms with van der Waals surface area (Å²) < 4.78 is 5.17. The summed E-state index contributed by atoms with van der Waals surface area (Å²) in [6, 6.07) is 10.1. The van der Waals surface area contributed by atoms with E-state index in [0.717, 1.165) is 23.2 Å². The van der Waals surface area contributed by atoms with Crippen LogP contribution < -0.4 is 15.4 Å². The topological polar surface area (TPSA) is 93.5 Å². The molecule has 0 spiro atoms. The molecule has 0 atom stereocenters. The predicted octanol–water partition coefficient (Wildman–Crippen LogP) is 3.52. The molecule has 2 aromatic carbocycles. The molecule has 1 amide bonds. The Morgan fingerprint density at radius 1 is 1.28 bits per heavy atom. The van der Waals surface area contributed by atoms with E-state index in [1.807, 2.05) is 32.0 Å². The third kappa shape index (κ3) is 4.47. The van der Waals surface area contributed by atoms with Crippen LogP contribution in [-0.4, -0.2) is 24.5 Å². The number of carbonyl (C=O) groups is 1. The van der Waals surface area contributed by atoms with E-state index in [0.29, 0.717) is 11.4 Å². The van der Waals surface area contributed by atoms with E-state index in [-0.39, 0.29) is 18.1 Å². The average Bonchev–Trinajstić information content (AvgIpc) is 2.61. The second kappa shape index (κ2) is 8.14. The quantitative estimate of drug-likeness (QED) is 0.592. The van der Waals surface area contributed by atoms with Crippen molar-refractivity contribution in [2.24, 2.45) is 0 Å². The number of non-ortho nitro benzene ring substituents is 1. The summed E-state index contributed by atoms with van der Waals surface area (Å²) in [6.45, 7) is 3.93. The lowest BCUT2D eigenvalue weighted by molar-refractivity contribution is -0.384. The minimum absolute atomic E-state index is 0.0327. The standard InChI is InChI=1S/C18H21N3O4/c1-4-13-7-5-6-12(2)18(13)20-17(22)11-19-15-10-14(21(23)24)8-9-16(15)25-3/h5-10,19H,4,11H2,1-3H3,(H,20,22). The van der Waals surface area contributed by atoms with Crippen LogP contribution in [0, 0.1) is 17.0 Å². The first-order chi connectivity index (χ1) is 12.0. The molecule has 0 aromatic heterocycles. The normalized spacial score (nSPS) is 10.2. The Morgan fingerprint density at radius 2 is 2.04 bits per heavy atom. The Balaban J connectivity index is 2.10. The summed E-state index contributed by atoms with van der Waals surface area (Å²) in [6.07, 6.45) is 0.809. The van der Waals surface area contributed by atoms with E-state index < -0.39 is 4.92 Å². The fraction of sp³-hybridized carbons (Fsp3) is 0.278. The molecule has 0 aliphatic heterocycles. The largest absolute Gasteiger partial charge is 0.495 e. The monoisotopic (exact) mass is 343 g/mol. The van der Waals surface area contributed by atoms with Gasteiger partial charge in [-0.25, -0.2) is 0 Å². The Hall–Kier alpha value is -3.09. The zero-order valence-corrected chi connectivity index (χ0v) is 14.5. The van der Waals surface area contributed by atoms with Gasteiger partial charge in [0.15, 0.2) is 0 Å². The molecule has 2 rings (SSSR count). The number of nitro benzene ring substituents is 1. The van der Waals surface area contributed by atoms with Crippen molar-refractivity contribution in [3.05, 3.63) is 57.6 Å². The van der Waals surface area contributed by atoms with Gasteiger partial charge >= 0.3 is 0 Å². The molecule has 0 fully saturated rings. The molecule has 0 heterocycles. The number of aryl methyl sites for hydroxylation is 2. The number of nitrogens with one attached hydrogen (secondary N) is 2. The number of carbonyl (C=O) groups excluding carboxylic acids is 1. The number of nitro groups is 1. The number of benzene rings is 2. The van der Waals surface area contributed by atoms with E-state index in [4.69, 9.17) is 4.74 Å². The van der Waals surface area contributed by atoms with Crippen molar-refractivity contribution >= 4 is 23.0 Å². The number of amides is 1. The zero-order valence-electron chi connectivity index (χ0n) is 14.5. The highest BCUT2D eigenvalue weighted by Crippen LogP contribution is 2.28. The van der Waals surface area contributed by atoms with E-state index in [1.54, 1.807) is 0 Å². The summed E-state index contributed by atoms with van der Waals surface area (Å²) >= 11 is 0. The van der Waals surface area contributed by atoms with Crippen molar-refractivity contribution in [2.75, 3.05) is 24.3 Å². The van der Waals surface area contributed by atoms with Crippen molar-refractivity contribution in [3.63, 3.8) is 0 Å². The number of hydrogen-bond donors (Lipinski definition) is 2. The van der Waals surface area contributed by atoms with Gasteiger partial charge in [0.2, 0.25) is 5.91 Å². The Labute approximate surface area is 146 Å². The fourth-order valence-electron chi connectivity index (χ4n) is 2.51. The molecule has 0 aliphatic rings.